The fraction of sp³-hybridized carbons (Fsp3) is 0.500. The Kier molecular flexibility index (Phi) is 5.33. The van der Waals surface area contributed by atoms with E-state index in [9.17, 15) is 9.59 Å². The summed E-state index contributed by atoms with van der Waals surface area (Å²) < 4.78 is 0. The highest BCUT2D eigenvalue weighted by Crippen LogP contribution is 2.29. The molecule has 1 saturated carbocycles. The molecular weight excluding hydrogens is 268 g/mol. The molecule has 0 heterocycles. The highest BCUT2D eigenvalue weighted by atomic mass is 16.4. The molecule has 0 spiro atoms. The lowest BCUT2D eigenvalue weighted by Gasteiger charge is -2.24. The van der Waals surface area contributed by atoms with Gasteiger partial charge in [0.25, 0.3) is 0 Å². The van der Waals surface area contributed by atoms with E-state index in [1.165, 1.54) is 4.90 Å². The summed E-state index contributed by atoms with van der Waals surface area (Å²) >= 11 is 0. The molecule has 1 aliphatic rings. The van der Waals surface area contributed by atoms with Gasteiger partial charge in [0.15, 0.2) is 0 Å². The van der Waals surface area contributed by atoms with E-state index in [2.05, 4.69) is 0 Å². The van der Waals surface area contributed by atoms with E-state index in [4.69, 9.17) is 10.8 Å². The van der Waals surface area contributed by atoms with Crippen LogP contribution in [0.1, 0.15) is 24.8 Å². The highest BCUT2D eigenvalue weighted by Gasteiger charge is 2.30. The van der Waals surface area contributed by atoms with Crippen LogP contribution in [0.5, 0.6) is 0 Å². The number of carboxylic acids is 1. The van der Waals surface area contributed by atoms with Crippen LogP contribution in [0.3, 0.4) is 0 Å². The highest BCUT2D eigenvalue weighted by molar-refractivity contribution is 5.85. The minimum absolute atomic E-state index is 0.250. The zero-order valence-electron chi connectivity index (χ0n) is 12.1. The number of aliphatic carboxylic acids is 1. The molecule has 1 aliphatic carbocycles. The number of carbonyl (C=O) groups is 2. The van der Waals surface area contributed by atoms with Crippen molar-refractivity contribution >= 4 is 11.9 Å². The lowest BCUT2D eigenvalue weighted by Crippen LogP contribution is -2.46. The summed E-state index contributed by atoms with van der Waals surface area (Å²) in [6, 6.07) is 9.20. The summed E-state index contributed by atoms with van der Waals surface area (Å²) in [5.41, 5.74) is 7.09. The van der Waals surface area contributed by atoms with Crippen molar-refractivity contribution in [2.24, 2.45) is 11.7 Å². The van der Waals surface area contributed by atoms with Crippen molar-refractivity contribution in [2.45, 2.75) is 31.7 Å². The van der Waals surface area contributed by atoms with E-state index in [0.29, 0.717) is 18.9 Å². The van der Waals surface area contributed by atoms with Crippen LogP contribution in [0.15, 0.2) is 30.3 Å². The van der Waals surface area contributed by atoms with Gasteiger partial charge in [-0.3, -0.25) is 9.59 Å². The third kappa shape index (κ3) is 5.19. The van der Waals surface area contributed by atoms with Crippen molar-refractivity contribution in [3.05, 3.63) is 35.9 Å². The Bertz CT molecular complexity index is 486. The smallest absolute Gasteiger partial charge is 0.323 e. The van der Waals surface area contributed by atoms with Gasteiger partial charge < -0.3 is 15.7 Å². The number of nitrogens with zero attached hydrogens (tertiary/aromatic N) is 1. The van der Waals surface area contributed by atoms with Crippen molar-refractivity contribution in [3.63, 3.8) is 0 Å². The van der Waals surface area contributed by atoms with E-state index < -0.39 is 12.0 Å². The molecule has 1 fully saturated rings. The van der Waals surface area contributed by atoms with Crippen molar-refractivity contribution in [2.75, 3.05) is 13.1 Å². The Morgan fingerprint density at radius 3 is 2.52 bits per heavy atom. The molecule has 5 heteroatoms. The Labute approximate surface area is 124 Å². The van der Waals surface area contributed by atoms with Gasteiger partial charge in [-0.25, -0.2) is 0 Å². The van der Waals surface area contributed by atoms with Crippen LogP contribution in [-0.4, -0.2) is 41.0 Å². The second-order valence-electron chi connectivity index (χ2n) is 5.69. The number of amides is 1. The predicted octanol–water partition coefficient (Wildman–Crippen LogP) is 1.27. The number of aryl methyl sites for hydroxylation is 1. The molecule has 0 unspecified atom stereocenters. The molecule has 0 saturated heterocycles. The van der Waals surface area contributed by atoms with Gasteiger partial charge in [-0.2, -0.15) is 0 Å². The summed E-state index contributed by atoms with van der Waals surface area (Å²) in [6.07, 6.45) is 3.40. The number of rotatable bonds is 8. The van der Waals surface area contributed by atoms with E-state index in [1.54, 1.807) is 0 Å². The molecule has 1 atom stereocenters. The summed E-state index contributed by atoms with van der Waals surface area (Å²) in [5.74, 6) is -0.783. The Morgan fingerprint density at radius 1 is 1.29 bits per heavy atom. The topological polar surface area (TPSA) is 83.6 Å². The predicted molar refractivity (Wildman–Crippen MR) is 79.7 cm³/mol. The maximum atomic E-state index is 12.3. The number of hydrogen-bond donors (Lipinski definition) is 2. The SMILES string of the molecule is N[C@@H](CCc1ccccc1)C(=O)N(CC(=O)O)CC1CC1. The van der Waals surface area contributed by atoms with Gasteiger partial charge in [0, 0.05) is 6.54 Å². The standard InChI is InChI=1S/C16H22N2O3/c17-14(9-8-12-4-2-1-3-5-12)16(21)18(11-15(19)20)10-13-6-7-13/h1-5,13-14H,6-11,17H2,(H,19,20)/t14-/m0/s1. The average Bonchev–Trinajstić information content (AvgIpc) is 3.28. The van der Waals surface area contributed by atoms with Gasteiger partial charge in [-0.05, 0) is 37.2 Å². The quantitative estimate of drug-likeness (QED) is 0.755. The molecule has 1 aromatic rings. The number of carbonyl (C=O) groups excluding carboxylic acids is 1. The third-order valence-corrected chi connectivity index (χ3v) is 3.72. The zero-order valence-corrected chi connectivity index (χ0v) is 12.1. The van der Waals surface area contributed by atoms with Crippen LogP contribution in [0.2, 0.25) is 0 Å². The molecular formula is C16H22N2O3. The molecule has 0 aliphatic heterocycles. The second-order valence-corrected chi connectivity index (χ2v) is 5.69. The Hall–Kier alpha value is -1.88. The summed E-state index contributed by atoms with van der Waals surface area (Å²) in [6.45, 7) is 0.262. The van der Waals surface area contributed by atoms with Crippen LogP contribution >= 0.6 is 0 Å². The lowest BCUT2D eigenvalue weighted by molar-refractivity contribution is -0.145. The monoisotopic (exact) mass is 290 g/mol. The fourth-order valence-electron chi connectivity index (χ4n) is 2.33. The van der Waals surface area contributed by atoms with E-state index in [0.717, 1.165) is 24.8 Å². The van der Waals surface area contributed by atoms with E-state index >= 15 is 0 Å². The number of hydrogen-bond acceptors (Lipinski definition) is 3. The molecule has 1 aromatic carbocycles. The summed E-state index contributed by atoms with van der Waals surface area (Å²) in [5, 5.41) is 8.92. The van der Waals surface area contributed by atoms with Crippen molar-refractivity contribution < 1.29 is 14.7 Å². The molecule has 1 amide bonds. The third-order valence-electron chi connectivity index (χ3n) is 3.72. The maximum absolute atomic E-state index is 12.3. The van der Waals surface area contributed by atoms with E-state index in [1.807, 2.05) is 30.3 Å². The van der Waals surface area contributed by atoms with Gasteiger partial charge in [-0.15, -0.1) is 0 Å². The first-order valence-corrected chi connectivity index (χ1v) is 7.36. The van der Waals surface area contributed by atoms with Gasteiger partial charge in [0.2, 0.25) is 5.91 Å². The van der Waals surface area contributed by atoms with E-state index in [-0.39, 0.29) is 12.5 Å². The van der Waals surface area contributed by atoms with Crippen LogP contribution in [0.25, 0.3) is 0 Å². The minimum atomic E-state index is -0.987. The zero-order chi connectivity index (χ0) is 15.2. The van der Waals surface area contributed by atoms with Crippen LogP contribution in [0.4, 0.5) is 0 Å². The minimum Gasteiger partial charge on any atom is -0.480 e. The van der Waals surface area contributed by atoms with Gasteiger partial charge in [-0.1, -0.05) is 30.3 Å². The molecule has 0 aromatic heterocycles. The van der Waals surface area contributed by atoms with Gasteiger partial charge in [0.1, 0.15) is 6.54 Å². The van der Waals surface area contributed by atoms with Crippen molar-refractivity contribution in [1.82, 2.24) is 4.90 Å². The van der Waals surface area contributed by atoms with Crippen molar-refractivity contribution in [1.29, 1.82) is 0 Å². The number of benzene rings is 1. The number of nitrogens with two attached hydrogens (primary N) is 1. The molecule has 0 bridgehead atoms. The molecule has 0 radical (unpaired) electrons. The summed E-state index contributed by atoms with van der Waals surface area (Å²) in [7, 11) is 0. The first-order chi connectivity index (χ1) is 10.1. The van der Waals surface area contributed by atoms with Crippen LogP contribution in [0, 0.1) is 5.92 Å². The first-order valence-electron chi connectivity index (χ1n) is 7.36. The molecule has 2 rings (SSSR count). The normalized spacial score (nSPS) is 15.5. The Balaban J connectivity index is 1.87. The molecule has 21 heavy (non-hydrogen) atoms. The second kappa shape index (κ2) is 7.22. The Morgan fingerprint density at radius 2 is 1.95 bits per heavy atom. The molecule has 5 nitrogen and oxygen atoms in total. The van der Waals surface area contributed by atoms with Crippen LogP contribution < -0.4 is 5.73 Å². The molecule has 114 valence electrons. The first kappa shape index (κ1) is 15.5. The fourth-order valence-corrected chi connectivity index (χ4v) is 2.33. The lowest BCUT2D eigenvalue weighted by atomic mass is 10.0. The van der Waals surface area contributed by atoms with Crippen LogP contribution in [-0.2, 0) is 16.0 Å². The summed E-state index contributed by atoms with van der Waals surface area (Å²) in [4.78, 5) is 24.6. The van der Waals surface area contributed by atoms with Gasteiger partial charge in [0.05, 0.1) is 6.04 Å². The maximum Gasteiger partial charge on any atom is 0.323 e. The largest absolute Gasteiger partial charge is 0.480 e. The van der Waals surface area contributed by atoms with Crippen molar-refractivity contribution in [3.8, 4) is 0 Å². The van der Waals surface area contributed by atoms with Gasteiger partial charge >= 0.3 is 5.97 Å². The molecule has 3 N–H and O–H groups in total. The average molecular weight is 290 g/mol. The number of carboxylic acid groups (broad SMARTS) is 1.